The highest BCUT2D eigenvalue weighted by molar-refractivity contribution is 5.92. The predicted octanol–water partition coefficient (Wildman–Crippen LogP) is 9.29. The van der Waals surface area contributed by atoms with E-state index < -0.39 is 23.2 Å². The molecule has 3 aromatic carbocycles. The van der Waals surface area contributed by atoms with E-state index in [0.29, 0.717) is 38.2 Å². The summed E-state index contributed by atoms with van der Waals surface area (Å²) < 4.78 is 69.8. The van der Waals surface area contributed by atoms with Gasteiger partial charge in [0.1, 0.15) is 5.84 Å². The van der Waals surface area contributed by atoms with Crippen LogP contribution in [0.2, 0.25) is 0 Å². The van der Waals surface area contributed by atoms with Crippen molar-refractivity contribution in [2.24, 2.45) is 10.4 Å². The van der Waals surface area contributed by atoms with Gasteiger partial charge in [0, 0.05) is 32.0 Å². The van der Waals surface area contributed by atoms with Crippen molar-refractivity contribution in [1.29, 1.82) is 0 Å². The van der Waals surface area contributed by atoms with Gasteiger partial charge in [0.25, 0.3) is 5.92 Å². The van der Waals surface area contributed by atoms with Crippen LogP contribution in [-0.2, 0) is 37.9 Å². The molecule has 0 amide bonds. The van der Waals surface area contributed by atoms with Crippen LogP contribution < -0.4 is 0 Å². The number of fused-ring (bicyclic) bond motifs is 1. The largest absolute Gasteiger partial charge is 0.416 e. The van der Waals surface area contributed by atoms with Gasteiger partial charge in [0.2, 0.25) is 0 Å². The number of hydrogen-bond donors (Lipinski definition) is 0. The summed E-state index contributed by atoms with van der Waals surface area (Å²) in [6.07, 6.45) is -0.0146. The van der Waals surface area contributed by atoms with Gasteiger partial charge in [-0.1, -0.05) is 74.5 Å². The molecule has 0 aromatic heterocycles. The van der Waals surface area contributed by atoms with Gasteiger partial charge in [-0.05, 0) is 59.1 Å². The standard InChI is InChI=1S/C33H35F5N2/c1-5-31(2,3)21-24-11-8-10-23(18-24)12-9-17-40(30-19-25-13-6-7-14-29(25)39-30)22-26-15-16-27(32(4,34)35)20-28(26)33(36,37)38/h5-8,10-11,13-16,18,20H,1,9,12,17,19,21-22H2,2-4H3. The Morgan fingerprint density at radius 2 is 1.62 bits per heavy atom. The predicted molar refractivity (Wildman–Crippen MR) is 151 cm³/mol. The molecule has 212 valence electrons. The monoisotopic (exact) mass is 554 g/mol. The molecule has 0 atom stereocenters. The number of allylic oxidation sites excluding steroid dienone is 1. The van der Waals surface area contributed by atoms with Crippen molar-refractivity contribution in [1.82, 2.24) is 4.90 Å². The first-order chi connectivity index (χ1) is 18.7. The minimum atomic E-state index is -4.76. The molecule has 40 heavy (non-hydrogen) atoms. The van der Waals surface area contributed by atoms with Crippen LogP contribution in [-0.4, -0.2) is 17.3 Å². The second kappa shape index (κ2) is 11.6. The lowest BCUT2D eigenvalue weighted by molar-refractivity contribution is -0.138. The third-order valence-electron chi connectivity index (χ3n) is 7.34. The Kier molecular flexibility index (Phi) is 8.52. The highest BCUT2D eigenvalue weighted by Crippen LogP contribution is 2.37. The SMILES string of the molecule is C=CC(C)(C)Cc1cccc(CCCN(Cc2ccc(C(C)(F)F)cc2C(F)(F)F)C2=Nc3ccccc3C2)c1. The third kappa shape index (κ3) is 7.38. The van der Waals surface area contributed by atoms with Gasteiger partial charge in [0.05, 0.1) is 11.3 Å². The average Bonchev–Trinajstić information content (AvgIpc) is 3.31. The van der Waals surface area contributed by atoms with Crippen molar-refractivity contribution >= 4 is 11.5 Å². The number of para-hydroxylation sites is 1. The molecule has 0 unspecified atom stereocenters. The fourth-order valence-electron chi connectivity index (χ4n) is 5.02. The lowest BCUT2D eigenvalue weighted by Gasteiger charge is -2.27. The third-order valence-corrected chi connectivity index (χ3v) is 7.34. The molecule has 0 saturated heterocycles. The molecule has 0 N–H and O–H groups in total. The van der Waals surface area contributed by atoms with Crippen LogP contribution >= 0.6 is 0 Å². The van der Waals surface area contributed by atoms with E-state index in [1.165, 1.54) is 11.6 Å². The molecule has 0 aliphatic carbocycles. The molecule has 1 heterocycles. The van der Waals surface area contributed by atoms with Gasteiger partial charge in [-0.15, -0.1) is 6.58 Å². The lowest BCUT2D eigenvalue weighted by atomic mass is 9.85. The number of nitrogens with zero attached hydrogens (tertiary/aromatic N) is 2. The van der Waals surface area contributed by atoms with E-state index in [2.05, 4.69) is 38.6 Å². The van der Waals surface area contributed by atoms with Crippen LogP contribution in [0.15, 0.2) is 84.4 Å². The molecule has 0 saturated carbocycles. The van der Waals surface area contributed by atoms with E-state index >= 15 is 0 Å². The molecular weight excluding hydrogens is 519 g/mol. The number of amidine groups is 1. The van der Waals surface area contributed by atoms with Gasteiger partial charge in [-0.25, -0.2) is 13.8 Å². The zero-order valence-corrected chi connectivity index (χ0v) is 23.2. The summed E-state index contributed by atoms with van der Waals surface area (Å²) in [5, 5.41) is 0. The van der Waals surface area contributed by atoms with Crippen molar-refractivity contribution < 1.29 is 22.0 Å². The maximum Gasteiger partial charge on any atom is 0.416 e. The van der Waals surface area contributed by atoms with Crippen LogP contribution in [0.1, 0.15) is 60.6 Å². The molecule has 0 fully saturated rings. The van der Waals surface area contributed by atoms with E-state index in [0.717, 1.165) is 35.7 Å². The summed E-state index contributed by atoms with van der Waals surface area (Å²) >= 11 is 0. The number of alkyl halides is 5. The fraction of sp³-hybridized carbons (Fsp3) is 0.364. The van der Waals surface area contributed by atoms with Gasteiger partial charge in [-0.3, -0.25) is 0 Å². The number of halogens is 5. The van der Waals surface area contributed by atoms with Crippen molar-refractivity contribution in [3.63, 3.8) is 0 Å². The van der Waals surface area contributed by atoms with E-state index in [-0.39, 0.29) is 17.5 Å². The highest BCUT2D eigenvalue weighted by Gasteiger charge is 2.37. The minimum Gasteiger partial charge on any atom is -0.355 e. The normalized spacial score (nSPS) is 13.7. The fourth-order valence-corrected chi connectivity index (χ4v) is 5.02. The first-order valence-electron chi connectivity index (χ1n) is 13.5. The van der Waals surface area contributed by atoms with Crippen molar-refractivity contribution in [3.05, 3.63) is 113 Å². The Hall–Kier alpha value is -3.48. The van der Waals surface area contributed by atoms with Crippen LogP contribution in [0.5, 0.6) is 0 Å². The highest BCUT2D eigenvalue weighted by atomic mass is 19.4. The van der Waals surface area contributed by atoms with Crippen molar-refractivity contribution in [2.45, 2.75) is 65.1 Å². The van der Waals surface area contributed by atoms with Gasteiger partial charge in [-0.2, -0.15) is 13.2 Å². The maximum absolute atomic E-state index is 14.0. The topological polar surface area (TPSA) is 15.6 Å². The Bertz CT molecular complexity index is 1380. The Labute approximate surface area is 233 Å². The van der Waals surface area contributed by atoms with E-state index in [4.69, 9.17) is 4.99 Å². The molecule has 4 rings (SSSR count). The van der Waals surface area contributed by atoms with E-state index in [1.54, 1.807) is 0 Å². The molecule has 0 spiro atoms. The quantitative estimate of drug-likeness (QED) is 0.180. The summed E-state index contributed by atoms with van der Waals surface area (Å²) in [5.74, 6) is -2.69. The lowest BCUT2D eigenvalue weighted by Crippen LogP contribution is -2.33. The van der Waals surface area contributed by atoms with Gasteiger partial charge >= 0.3 is 6.18 Å². The molecule has 1 aliphatic rings. The minimum absolute atomic E-state index is 0.0292. The first kappa shape index (κ1) is 29.5. The Morgan fingerprint density at radius 1 is 0.900 bits per heavy atom. The Balaban J connectivity index is 1.57. The van der Waals surface area contributed by atoms with Crippen LogP contribution in [0, 0.1) is 5.41 Å². The zero-order valence-electron chi connectivity index (χ0n) is 23.2. The van der Waals surface area contributed by atoms with Crippen LogP contribution in [0.25, 0.3) is 0 Å². The molecular formula is C33H35F5N2. The van der Waals surface area contributed by atoms with Crippen LogP contribution in [0.3, 0.4) is 0 Å². The smallest absolute Gasteiger partial charge is 0.355 e. The second-order valence-electron chi connectivity index (χ2n) is 11.3. The molecule has 7 heteroatoms. The summed E-state index contributed by atoms with van der Waals surface area (Å²) in [6, 6.07) is 18.8. The number of aliphatic imine (C=N–C) groups is 1. The zero-order chi connectivity index (χ0) is 29.1. The van der Waals surface area contributed by atoms with Crippen LogP contribution in [0.4, 0.5) is 27.6 Å². The molecule has 2 nitrogen and oxygen atoms in total. The van der Waals surface area contributed by atoms with Gasteiger partial charge < -0.3 is 4.90 Å². The summed E-state index contributed by atoms with van der Waals surface area (Å²) in [6.45, 7) is 9.18. The summed E-state index contributed by atoms with van der Waals surface area (Å²) in [5.41, 5.74) is 2.41. The number of rotatable bonds is 10. The van der Waals surface area contributed by atoms with Crippen molar-refractivity contribution in [3.8, 4) is 0 Å². The number of benzene rings is 3. The molecule has 0 radical (unpaired) electrons. The maximum atomic E-state index is 14.0. The second-order valence-corrected chi connectivity index (χ2v) is 11.3. The first-order valence-corrected chi connectivity index (χ1v) is 13.5. The molecule has 0 bridgehead atoms. The Morgan fingerprint density at radius 3 is 2.30 bits per heavy atom. The number of aryl methyl sites for hydroxylation is 1. The van der Waals surface area contributed by atoms with E-state index in [1.807, 2.05) is 41.3 Å². The summed E-state index contributed by atoms with van der Waals surface area (Å²) in [7, 11) is 0. The molecule has 1 aliphatic heterocycles. The number of hydrogen-bond acceptors (Lipinski definition) is 2. The molecule has 3 aromatic rings. The van der Waals surface area contributed by atoms with E-state index in [9.17, 15) is 22.0 Å². The summed E-state index contributed by atoms with van der Waals surface area (Å²) in [4.78, 5) is 6.58. The van der Waals surface area contributed by atoms with Gasteiger partial charge in [0.15, 0.2) is 0 Å². The van der Waals surface area contributed by atoms with Crippen molar-refractivity contribution in [2.75, 3.05) is 6.54 Å². The average molecular weight is 555 g/mol.